The van der Waals surface area contributed by atoms with E-state index in [0.717, 1.165) is 0 Å². The predicted molar refractivity (Wildman–Crippen MR) is 67.6 cm³/mol. The predicted octanol–water partition coefficient (Wildman–Crippen LogP) is 1.15. The molecule has 0 saturated heterocycles. The molecule has 19 heavy (non-hydrogen) atoms. The number of hydrogen-bond donors (Lipinski definition) is 2. The molecular formula is C13H11N3O3. The SMILES string of the molecule is O=C(/C=C/c1ccco1)NNC(=O)c1cccnc1. The van der Waals surface area contributed by atoms with Gasteiger partial charge in [-0.3, -0.25) is 25.4 Å². The molecule has 0 aromatic carbocycles. The second kappa shape index (κ2) is 6.15. The molecule has 0 aliphatic rings. The Morgan fingerprint density at radius 2 is 2.11 bits per heavy atom. The van der Waals surface area contributed by atoms with Crippen molar-refractivity contribution in [1.82, 2.24) is 15.8 Å². The van der Waals surface area contributed by atoms with Crippen molar-refractivity contribution in [3.63, 3.8) is 0 Å². The summed E-state index contributed by atoms with van der Waals surface area (Å²) in [6.07, 6.45) is 7.21. The minimum atomic E-state index is -0.464. The van der Waals surface area contributed by atoms with Crippen molar-refractivity contribution in [1.29, 1.82) is 0 Å². The molecule has 0 saturated carbocycles. The fourth-order valence-corrected chi connectivity index (χ4v) is 1.27. The number of carbonyl (C=O) groups is 2. The average Bonchev–Trinajstić information content (AvgIpc) is 2.96. The highest BCUT2D eigenvalue weighted by Crippen LogP contribution is 2.01. The highest BCUT2D eigenvalue weighted by atomic mass is 16.3. The van der Waals surface area contributed by atoms with Gasteiger partial charge in [-0.1, -0.05) is 0 Å². The summed E-state index contributed by atoms with van der Waals surface area (Å²) in [5, 5.41) is 0. The van der Waals surface area contributed by atoms with Crippen molar-refractivity contribution < 1.29 is 14.0 Å². The van der Waals surface area contributed by atoms with Gasteiger partial charge >= 0.3 is 0 Å². The Hall–Kier alpha value is -2.89. The number of nitrogens with zero attached hydrogens (tertiary/aromatic N) is 1. The fraction of sp³-hybridized carbons (Fsp3) is 0. The van der Waals surface area contributed by atoms with Crippen LogP contribution >= 0.6 is 0 Å². The third-order valence-corrected chi connectivity index (χ3v) is 2.17. The molecule has 0 atom stereocenters. The summed E-state index contributed by atoms with van der Waals surface area (Å²) in [5.74, 6) is -0.352. The smallest absolute Gasteiger partial charge is 0.271 e. The molecule has 2 N–H and O–H groups in total. The third kappa shape index (κ3) is 3.81. The van der Waals surface area contributed by atoms with Gasteiger partial charge in [0.15, 0.2) is 0 Å². The molecule has 0 unspecified atom stereocenters. The second-order valence-corrected chi connectivity index (χ2v) is 3.53. The Bertz CT molecular complexity index is 576. The molecule has 6 nitrogen and oxygen atoms in total. The molecule has 0 aliphatic heterocycles. The van der Waals surface area contributed by atoms with Crippen LogP contribution in [0.15, 0.2) is 53.4 Å². The van der Waals surface area contributed by atoms with E-state index >= 15 is 0 Å². The Labute approximate surface area is 109 Å². The summed E-state index contributed by atoms with van der Waals surface area (Å²) in [7, 11) is 0. The van der Waals surface area contributed by atoms with Gasteiger partial charge in [0.25, 0.3) is 11.8 Å². The van der Waals surface area contributed by atoms with Crippen LogP contribution in [0.1, 0.15) is 16.1 Å². The largest absolute Gasteiger partial charge is 0.465 e. The van der Waals surface area contributed by atoms with Gasteiger partial charge in [0.1, 0.15) is 5.76 Å². The summed E-state index contributed by atoms with van der Waals surface area (Å²) in [5.41, 5.74) is 4.88. The van der Waals surface area contributed by atoms with E-state index in [1.54, 1.807) is 30.5 Å². The summed E-state index contributed by atoms with van der Waals surface area (Å²) in [6.45, 7) is 0. The van der Waals surface area contributed by atoms with Gasteiger partial charge in [-0.25, -0.2) is 0 Å². The Balaban J connectivity index is 1.82. The lowest BCUT2D eigenvalue weighted by molar-refractivity contribution is -0.117. The minimum absolute atomic E-state index is 0.359. The van der Waals surface area contributed by atoms with Gasteiger partial charge in [-0.2, -0.15) is 0 Å². The summed E-state index contributed by atoms with van der Waals surface area (Å²) in [6, 6.07) is 6.64. The van der Waals surface area contributed by atoms with Gasteiger partial charge in [-0.05, 0) is 30.3 Å². The standard InChI is InChI=1S/C13H11N3O3/c17-12(6-5-11-4-2-8-19-11)15-16-13(18)10-3-1-7-14-9-10/h1-9H,(H,15,17)(H,16,18)/b6-5+. The zero-order chi connectivity index (χ0) is 13.5. The number of carbonyl (C=O) groups excluding carboxylic acids is 2. The van der Waals surface area contributed by atoms with E-state index < -0.39 is 11.8 Å². The van der Waals surface area contributed by atoms with Crippen molar-refractivity contribution in [2.75, 3.05) is 0 Å². The van der Waals surface area contributed by atoms with Crippen LogP contribution in [0.2, 0.25) is 0 Å². The molecule has 0 bridgehead atoms. The molecule has 0 spiro atoms. The summed E-state index contributed by atoms with van der Waals surface area (Å²) >= 11 is 0. The van der Waals surface area contributed by atoms with E-state index in [4.69, 9.17) is 4.42 Å². The Kier molecular flexibility index (Phi) is 4.07. The number of hydrazine groups is 1. The van der Waals surface area contributed by atoms with Crippen LogP contribution in [0.4, 0.5) is 0 Å². The zero-order valence-corrected chi connectivity index (χ0v) is 9.87. The molecule has 2 amide bonds. The van der Waals surface area contributed by atoms with Crippen molar-refractivity contribution in [2.24, 2.45) is 0 Å². The molecule has 0 radical (unpaired) electrons. The lowest BCUT2D eigenvalue weighted by atomic mass is 10.3. The first-order valence-corrected chi connectivity index (χ1v) is 5.47. The first kappa shape index (κ1) is 12.6. The molecule has 96 valence electrons. The van der Waals surface area contributed by atoms with Crippen LogP contribution in [0.3, 0.4) is 0 Å². The highest BCUT2D eigenvalue weighted by molar-refractivity contribution is 5.97. The molecule has 6 heteroatoms. The number of amides is 2. The molecule has 2 rings (SSSR count). The quantitative estimate of drug-likeness (QED) is 0.638. The maximum Gasteiger partial charge on any atom is 0.271 e. The van der Waals surface area contributed by atoms with Gasteiger partial charge in [0, 0.05) is 18.5 Å². The van der Waals surface area contributed by atoms with Gasteiger partial charge in [-0.15, -0.1) is 0 Å². The third-order valence-electron chi connectivity index (χ3n) is 2.17. The van der Waals surface area contributed by atoms with Crippen LogP contribution in [0.25, 0.3) is 6.08 Å². The number of furan rings is 1. The van der Waals surface area contributed by atoms with Crippen LogP contribution in [-0.4, -0.2) is 16.8 Å². The molecule has 2 aromatic heterocycles. The van der Waals surface area contributed by atoms with Crippen LogP contribution < -0.4 is 10.9 Å². The minimum Gasteiger partial charge on any atom is -0.465 e. The molecule has 0 aliphatic carbocycles. The topological polar surface area (TPSA) is 84.2 Å². The van der Waals surface area contributed by atoms with E-state index in [-0.39, 0.29) is 0 Å². The first-order valence-electron chi connectivity index (χ1n) is 5.47. The normalized spacial score (nSPS) is 10.3. The maximum atomic E-state index is 11.6. The van der Waals surface area contributed by atoms with Gasteiger partial charge in [0.2, 0.25) is 0 Å². The second-order valence-electron chi connectivity index (χ2n) is 3.53. The highest BCUT2D eigenvalue weighted by Gasteiger charge is 2.05. The molecule has 2 heterocycles. The number of nitrogens with one attached hydrogen (secondary N) is 2. The number of aromatic nitrogens is 1. The van der Waals surface area contributed by atoms with Crippen LogP contribution in [0, 0.1) is 0 Å². The van der Waals surface area contributed by atoms with Crippen LogP contribution in [0.5, 0.6) is 0 Å². The lowest BCUT2D eigenvalue weighted by Gasteiger charge is -2.04. The first-order chi connectivity index (χ1) is 9.25. The van der Waals surface area contributed by atoms with E-state index in [0.29, 0.717) is 11.3 Å². The fourth-order valence-electron chi connectivity index (χ4n) is 1.27. The van der Waals surface area contributed by atoms with E-state index in [9.17, 15) is 9.59 Å². The van der Waals surface area contributed by atoms with E-state index in [1.165, 1.54) is 24.6 Å². The maximum absolute atomic E-state index is 11.6. The number of hydrogen-bond acceptors (Lipinski definition) is 4. The van der Waals surface area contributed by atoms with Gasteiger partial charge in [0.05, 0.1) is 11.8 Å². The molecule has 0 fully saturated rings. The Morgan fingerprint density at radius 3 is 2.79 bits per heavy atom. The van der Waals surface area contributed by atoms with E-state index in [1.807, 2.05) is 0 Å². The summed E-state index contributed by atoms with van der Waals surface area (Å²) in [4.78, 5) is 26.8. The monoisotopic (exact) mass is 257 g/mol. The lowest BCUT2D eigenvalue weighted by Crippen LogP contribution is -2.40. The van der Waals surface area contributed by atoms with Crippen LogP contribution in [-0.2, 0) is 4.79 Å². The zero-order valence-electron chi connectivity index (χ0n) is 9.87. The number of rotatable bonds is 3. The van der Waals surface area contributed by atoms with Gasteiger partial charge < -0.3 is 4.42 Å². The molecule has 2 aromatic rings. The van der Waals surface area contributed by atoms with E-state index in [2.05, 4.69) is 15.8 Å². The summed E-state index contributed by atoms with van der Waals surface area (Å²) < 4.78 is 5.02. The van der Waals surface area contributed by atoms with Crippen molar-refractivity contribution in [3.8, 4) is 0 Å². The van der Waals surface area contributed by atoms with Crippen molar-refractivity contribution in [2.45, 2.75) is 0 Å². The Morgan fingerprint density at radius 1 is 1.21 bits per heavy atom. The number of pyridine rings is 1. The average molecular weight is 257 g/mol. The van der Waals surface area contributed by atoms with Crippen molar-refractivity contribution in [3.05, 3.63) is 60.3 Å². The van der Waals surface area contributed by atoms with Crippen molar-refractivity contribution >= 4 is 17.9 Å². The molecular weight excluding hydrogens is 246 g/mol.